The maximum Gasteiger partial charge on any atom is 0.243 e. The number of aliphatic hydroxyl groups excluding tert-OH is 1. The van der Waals surface area contributed by atoms with Gasteiger partial charge in [-0.25, -0.2) is 8.42 Å². The molecule has 2 aromatic rings. The van der Waals surface area contributed by atoms with Gasteiger partial charge in [-0.2, -0.15) is 4.31 Å². The van der Waals surface area contributed by atoms with Crippen molar-refractivity contribution < 1.29 is 23.1 Å². The first-order chi connectivity index (χ1) is 16.1. The van der Waals surface area contributed by atoms with E-state index < -0.39 is 16.1 Å². The Morgan fingerprint density at radius 1 is 1.32 bits per heavy atom. The van der Waals surface area contributed by atoms with Crippen molar-refractivity contribution in [3.63, 3.8) is 0 Å². The molecular weight excluding hydrogens is 458 g/mol. The molecule has 2 bridgehead atoms. The number of amides is 1. The Bertz CT molecular complexity index is 1070. The lowest BCUT2D eigenvalue weighted by atomic mass is 10.0. The molecule has 1 aliphatic rings. The van der Waals surface area contributed by atoms with Crippen LogP contribution in [0.5, 0.6) is 0 Å². The fourth-order valence-electron chi connectivity index (χ4n) is 4.06. The van der Waals surface area contributed by atoms with Crippen LogP contribution in [0.25, 0.3) is 0 Å². The largest absolute Gasteiger partial charge is 0.394 e. The Kier molecular flexibility index (Phi) is 8.80. The number of fused-ring (bicyclic) bond motifs is 2. The predicted octanol–water partition coefficient (Wildman–Crippen LogP) is 1.43. The molecule has 0 saturated heterocycles. The van der Waals surface area contributed by atoms with Crippen LogP contribution >= 0.6 is 0 Å². The number of hydrogen-bond donors (Lipinski definition) is 1. The highest BCUT2D eigenvalue weighted by molar-refractivity contribution is 7.89. The number of nitrogens with zero attached hydrogens (tertiary/aromatic N) is 5. The Hall–Kier alpha value is -2.34. The van der Waals surface area contributed by atoms with Crippen molar-refractivity contribution in [2.45, 2.75) is 63.8 Å². The van der Waals surface area contributed by atoms with Crippen LogP contribution in [-0.4, -0.2) is 82.5 Å². The van der Waals surface area contributed by atoms with Crippen LogP contribution in [0.3, 0.4) is 0 Å². The molecule has 0 spiro atoms. The molecule has 188 valence electrons. The van der Waals surface area contributed by atoms with Crippen molar-refractivity contribution in [2.75, 3.05) is 26.7 Å². The molecule has 1 aliphatic heterocycles. The molecule has 10 nitrogen and oxygen atoms in total. The van der Waals surface area contributed by atoms with Crippen LogP contribution in [0, 0.1) is 12.8 Å². The average molecular weight is 494 g/mol. The number of hydrogen-bond acceptors (Lipinski definition) is 7. The smallest absolute Gasteiger partial charge is 0.243 e. The first kappa shape index (κ1) is 26.3. The van der Waals surface area contributed by atoms with Crippen LogP contribution in [0.1, 0.15) is 37.9 Å². The van der Waals surface area contributed by atoms with E-state index in [9.17, 15) is 18.3 Å². The van der Waals surface area contributed by atoms with Gasteiger partial charge in [0.2, 0.25) is 15.9 Å². The number of likely N-dealkylation sites (N-methyl/N-ethyl adjacent to an activating group) is 1. The molecule has 0 saturated carbocycles. The van der Waals surface area contributed by atoms with Crippen molar-refractivity contribution in [2.24, 2.45) is 5.92 Å². The topological polar surface area (TPSA) is 118 Å². The molecular formula is C23H35N5O5S. The highest BCUT2D eigenvalue weighted by Crippen LogP contribution is 2.22. The third kappa shape index (κ3) is 6.21. The Balaban J connectivity index is 1.87. The van der Waals surface area contributed by atoms with Gasteiger partial charge in [0.25, 0.3) is 0 Å². The number of sulfonamides is 1. The van der Waals surface area contributed by atoms with Crippen molar-refractivity contribution in [3.8, 4) is 0 Å². The molecule has 1 aromatic carbocycles. The molecule has 1 N–H and O–H groups in total. The van der Waals surface area contributed by atoms with Crippen LogP contribution in [0.15, 0.2) is 35.4 Å². The van der Waals surface area contributed by atoms with Crippen LogP contribution in [0.2, 0.25) is 0 Å². The first-order valence-corrected chi connectivity index (χ1v) is 13.0. The maximum absolute atomic E-state index is 13.3. The molecule has 1 amide bonds. The number of ether oxygens (including phenoxy) is 1. The van der Waals surface area contributed by atoms with Crippen molar-refractivity contribution >= 4 is 15.9 Å². The van der Waals surface area contributed by atoms with Gasteiger partial charge in [0.05, 0.1) is 36.5 Å². The number of carbonyl (C=O) groups excluding carboxylic acids is 1. The van der Waals surface area contributed by atoms with E-state index in [1.54, 1.807) is 53.9 Å². The number of aromatic nitrogens is 3. The number of aryl methyl sites for hydroxylation is 2. The van der Waals surface area contributed by atoms with Gasteiger partial charge in [-0.15, -0.1) is 5.10 Å². The van der Waals surface area contributed by atoms with E-state index in [2.05, 4.69) is 10.3 Å². The molecule has 3 rings (SSSR count). The van der Waals surface area contributed by atoms with E-state index in [4.69, 9.17) is 4.74 Å². The summed E-state index contributed by atoms with van der Waals surface area (Å²) in [7, 11) is -2.20. The van der Waals surface area contributed by atoms with Gasteiger partial charge in [-0.3, -0.25) is 9.48 Å². The summed E-state index contributed by atoms with van der Waals surface area (Å²) in [6, 6.07) is 6.51. The highest BCUT2D eigenvalue weighted by atomic mass is 32.2. The van der Waals surface area contributed by atoms with E-state index in [1.807, 2.05) is 6.92 Å². The minimum Gasteiger partial charge on any atom is -0.394 e. The summed E-state index contributed by atoms with van der Waals surface area (Å²) < 4.78 is 35.7. The molecule has 11 heteroatoms. The number of rotatable bonds is 6. The standard InChI is InChI=1S/C23H35N5O5S/c1-17-8-5-6-9-22(17)34(31,32)26(4)14-21-18(2)12-28(19(3)15-29)23(30)10-7-11-27-13-20(16-33-21)24-25-27/h5-6,8-9,13,18-19,21,29H,7,10-12,14-16H2,1-4H3/t18-,19+,21+/m1/s1. The molecule has 0 aliphatic carbocycles. The summed E-state index contributed by atoms with van der Waals surface area (Å²) in [6.07, 6.45) is 2.19. The van der Waals surface area contributed by atoms with Gasteiger partial charge >= 0.3 is 0 Å². The van der Waals surface area contributed by atoms with E-state index in [-0.39, 0.29) is 42.5 Å². The zero-order chi connectivity index (χ0) is 24.9. The Labute approximate surface area is 201 Å². The third-order valence-electron chi connectivity index (χ3n) is 6.26. The minimum absolute atomic E-state index is 0.0624. The van der Waals surface area contributed by atoms with Crippen molar-refractivity contribution in [1.29, 1.82) is 0 Å². The third-order valence-corrected chi connectivity index (χ3v) is 8.25. The molecule has 2 heterocycles. The summed E-state index contributed by atoms with van der Waals surface area (Å²) in [5.74, 6) is -0.268. The summed E-state index contributed by atoms with van der Waals surface area (Å²) in [5, 5.41) is 17.9. The van der Waals surface area contributed by atoms with Crippen LogP contribution in [-0.2, 0) is 32.7 Å². The fourth-order valence-corrected chi connectivity index (χ4v) is 5.46. The summed E-state index contributed by atoms with van der Waals surface area (Å²) in [4.78, 5) is 14.9. The van der Waals surface area contributed by atoms with E-state index >= 15 is 0 Å². The number of benzene rings is 1. The average Bonchev–Trinajstić information content (AvgIpc) is 3.26. The second-order valence-corrected chi connectivity index (χ2v) is 11.0. The number of aliphatic hydroxyl groups is 1. The van der Waals surface area contributed by atoms with Gasteiger partial charge < -0.3 is 14.7 Å². The van der Waals surface area contributed by atoms with Gasteiger partial charge in [0.1, 0.15) is 5.69 Å². The molecule has 1 aromatic heterocycles. The monoisotopic (exact) mass is 493 g/mol. The van der Waals surface area contributed by atoms with Crippen LogP contribution in [0.4, 0.5) is 0 Å². The van der Waals surface area contributed by atoms with Crippen molar-refractivity contribution in [1.82, 2.24) is 24.2 Å². The SMILES string of the molecule is Cc1ccccc1S(=O)(=O)N(C)C[C@@H]1OCc2cn(nn2)CCCC(=O)N([C@@H](C)CO)C[C@H]1C. The van der Waals surface area contributed by atoms with Gasteiger partial charge in [-0.1, -0.05) is 30.3 Å². The molecule has 0 radical (unpaired) electrons. The van der Waals surface area contributed by atoms with Crippen molar-refractivity contribution in [3.05, 3.63) is 41.7 Å². The second kappa shape index (κ2) is 11.4. The van der Waals surface area contributed by atoms with E-state index in [1.165, 1.54) is 11.4 Å². The predicted molar refractivity (Wildman–Crippen MR) is 126 cm³/mol. The second-order valence-electron chi connectivity index (χ2n) is 9.03. The zero-order valence-electron chi connectivity index (χ0n) is 20.3. The summed E-state index contributed by atoms with van der Waals surface area (Å²) in [6.45, 7) is 6.51. The number of carbonyl (C=O) groups is 1. The summed E-state index contributed by atoms with van der Waals surface area (Å²) >= 11 is 0. The normalized spacial score (nSPS) is 21.6. The molecule has 0 fully saturated rings. The Morgan fingerprint density at radius 2 is 2.06 bits per heavy atom. The minimum atomic E-state index is -3.74. The lowest BCUT2D eigenvalue weighted by Gasteiger charge is -2.35. The first-order valence-electron chi connectivity index (χ1n) is 11.6. The lowest BCUT2D eigenvalue weighted by Crippen LogP contribution is -2.47. The highest BCUT2D eigenvalue weighted by Gasteiger charge is 2.31. The van der Waals surface area contributed by atoms with Gasteiger partial charge in [-0.05, 0) is 31.9 Å². The Morgan fingerprint density at radius 3 is 2.76 bits per heavy atom. The summed E-state index contributed by atoms with van der Waals surface area (Å²) in [5.41, 5.74) is 1.32. The molecule has 0 unspecified atom stereocenters. The van der Waals surface area contributed by atoms with E-state index in [0.717, 1.165) is 0 Å². The van der Waals surface area contributed by atoms with Crippen LogP contribution < -0.4 is 0 Å². The zero-order valence-corrected chi connectivity index (χ0v) is 21.1. The van der Waals surface area contributed by atoms with Gasteiger partial charge in [0, 0.05) is 39.0 Å². The lowest BCUT2D eigenvalue weighted by molar-refractivity contribution is -0.136. The molecule has 34 heavy (non-hydrogen) atoms. The molecule has 3 atom stereocenters. The van der Waals surface area contributed by atoms with E-state index in [0.29, 0.717) is 37.2 Å². The quantitative estimate of drug-likeness (QED) is 0.647. The fraction of sp³-hybridized carbons (Fsp3) is 0.609. The maximum atomic E-state index is 13.3. The van der Waals surface area contributed by atoms with Gasteiger partial charge in [0.15, 0.2) is 0 Å².